The number of likely N-dealkylation sites (tertiary alicyclic amines) is 1. The summed E-state index contributed by atoms with van der Waals surface area (Å²) in [7, 11) is 1.65. The van der Waals surface area contributed by atoms with E-state index in [1.54, 1.807) is 19.2 Å². The Morgan fingerprint density at radius 1 is 1.12 bits per heavy atom. The van der Waals surface area contributed by atoms with Gasteiger partial charge in [-0.05, 0) is 56.5 Å². The molecule has 3 rings (SSSR count). The molecule has 1 saturated heterocycles. The Hall–Kier alpha value is -1.95. The van der Waals surface area contributed by atoms with Crippen LogP contribution in [0.2, 0.25) is 0 Å². The number of hydrogen-bond acceptors (Lipinski definition) is 3. The molecule has 1 aliphatic carbocycles. The van der Waals surface area contributed by atoms with E-state index in [0.29, 0.717) is 13.1 Å². The van der Waals surface area contributed by atoms with Gasteiger partial charge in [0.1, 0.15) is 11.9 Å². The molecule has 1 atom stereocenters. The Labute approximate surface area is 141 Å². The SMILES string of the molecule is CNC(=O)C1CCN(C(C(=O)NC2CC2)c2ccc(F)cc2)CC1. The van der Waals surface area contributed by atoms with E-state index in [1.165, 1.54) is 12.1 Å². The quantitative estimate of drug-likeness (QED) is 0.860. The highest BCUT2D eigenvalue weighted by atomic mass is 19.1. The van der Waals surface area contributed by atoms with Crippen LogP contribution >= 0.6 is 0 Å². The molecule has 2 amide bonds. The molecule has 2 fully saturated rings. The van der Waals surface area contributed by atoms with Gasteiger partial charge in [-0.1, -0.05) is 12.1 Å². The second-order valence-corrected chi connectivity index (χ2v) is 6.66. The van der Waals surface area contributed by atoms with Crippen LogP contribution in [0.25, 0.3) is 0 Å². The first-order chi connectivity index (χ1) is 11.6. The number of benzene rings is 1. The fraction of sp³-hybridized carbons (Fsp3) is 0.556. The number of nitrogens with one attached hydrogen (secondary N) is 2. The number of carbonyl (C=O) groups is 2. The van der Waals surface area contributed by atoms with E-state index in [0.717, 1.165) is 31.2 Å². The van der Waals surface area contributed by atoms with Crippen molar-refractivity contribution in [3.8, 4) is 0 Å². The third-order valence-electron chi connectivity index (χ3n) is 4.87. The van der Waals surface area contributed by atoms with Crippen molar-refractivity contribution in [1.82, 2.24) is 15.5 Å². The lowest BCUT2D eigenvalue weighted by molar-refractivity contribution is -0.129. The fourth-order valence-corrected chi connectivity index (χ4v) is 3.30. The van der Waals surface area contributed by atoms with Crippen LogP contribution < -0.4 is 10.6 Å². The van der Waals surface area contributed by atoms with Crippen LogP contribution in [0, 0.1) is 11.7 Å². The summed E-state index contributed by atoms with van der Waals surface area (Å²) in [6, 6.07) is 6.00. The highest BCUT2D eigenvalue weighted by Crippen LogP contribution is 2.29. The van der Waals surface area contributed by atoms with Gasteiger partial charge in [0, 0.05) is 19.0 Å². The average Bonchev–Trinajstić information content (AvgIpc) is 3.40. The van der Waals surface area contributed by atoms with E-state index < -0.39 is 6.04 Å². The van der Waals surface area contributed by atoms with Gasteiger partial charge in [-0.25, -0.2) is 4.39 Å². The largest absolute Gasteiger partial charge is 0.359 e. The first kappa shape index (κ1) is 16.9. The van der Waals surface area contributed by atoms with Crippen molar-refractivity contribution in [2.45, 2.75) is 37.8 Å². The smallest absolute Gasteiger partial charge is 0.242 e. The van der Waals surface area contributed by atoms with Gasteiger partial charge in [-0.2, -0.15) is 0 Å². The van der Waals surface area contributed by atoms with Crippen molar-refractivity contribution in [2.24, 2.45) is 5.92 Å². The van der Waals surface area contributed by atoms with Crippen molar-refractivity contribution < 1.29 is 14.0 Å². The van der Waals surface area contributed by atoms with Crippen molar-refractivity contribution in [3.63, 3.8) is 0 Å². The summed E-state index contributed by atoms with van der Waals surface area (Å²) >= 11 is 0. The maximum atomic E-state index is 13.2. The molecular weight excluding hydrogens is 309 g/mol. The van der Waals surface area contributed by atoms with Gasteiger partial charge in [0.25, 0.3) is 0 Å². The Bertz CT molecular complexity index is 593. The molecule has 2 aliphatic rings. The Morgan fingerprint density at radius 2 is 1.75 bits per heavy atom. The lowest BCUT2D eigenvalue weighted by Gasteiger charge is -2.36. The highest BCUT2D eigenvalue weighted by molar-refractivity contribution is 5.84. The Kier molecular flexibility index (Phi) is 5.14. The first-order valence-corrected chi connectivity index (χ1v) is 8.60. The molecule has 1 aromatic carbocycles. The van der Waals surface area contributed by atoms with Gasteiger partial charge in [0.15, 0.2) is 0 Å². The van der Waals surface area contributed by atoms with Crippen LogP contribution in [0.3, 0.4) is 0 Å². The lowest BCUT2D eigenvalue weighted by Crippen LogP contribution is -2.46. The summed E-state index contributed by atoms with van der Waals surface area (Å²) in [5.41, 5.74) is 0.799. The molecule has 1 unspecified atom stereocenters. The topological polar surface area (TPSA) is 61.4 Å². The molecule has 130 valence electrons. The summed E-state index contributed by atoms with van der Waals surface area (Å²) in [5, 5.41) is 5.75. The van der Waals surface area contributed by atoms with Crippen molar-refractivity contribution in [3.05, 3.63) is 35.6 Å². The second kappa shape index (κ2) is 7.30. The molecule has 0 aromatic heterocycles. The number of amides is 2. The van der Waals surface area contributed by atoms with Crippen LogP contribution in [0.15, 0.2) is 24.3 Å². The van der Waals surface area contributed by atoms with Crippen molar-refractivity contribution in [2.75, 3.05) is 20.1 Å². The third-order valence-corrected chi connectivity index (χ3v) is 4.87. The molecule has 1 aliphatic heterocycles. The summed E-state index contributed by atoms with van der Waals surface area (Å²) in [4.78, 5) is 26.6. The molecule has 2 N–H and O–H groups in total. The lowest BCUT2D eigenvalue weighted by atomic mass is 9.93. The number of piperidine rings is 1. The van der Waals surface area contributed by atoms with E-state index in [1.807, 2.05) is 0 Å². The van der Waals surface area contributed by atoms with Crippen LogP contribution in [0.1, 0.15) is 37.3 Å². The van der Waals surface area contributed by atoms with Crippen LogP contribution in [-0.4, -0.2) is 42.9 Å². The Balaban J connectivity index is 1.73. The zero-order valence-corrected chi connectivity index (χ0v) is 13.9. The minimum absolute atomic E-state index is 0.00612. The Morgan fingerprint density at radius 3 is 2.29 bits per heavy atom. The van der Waals surface area contributed by atoms with Crippen LogP contribution in [0.4, 0.5) is 4.39 Å². The number of carbonyl (C=O) groups excluding carboxylic acids is 2. The minimum atomic E-state index is -0.420. The third kappa shape index (κ3) is 3.93. The summed E-state index contributed by atoms with van der Waals surface area (Å²) < 4.78 is 13.2. The van der Waals surface area contributed by atoms with E-state index in [-0.39, 0.29) is 29.6 Å². The maximum Gasteiger partial charge on any atom is 0.242 e. The molecule has 6 heteroatoms. The van der Waals surface area contributed by atoms with Gasteiger partial charge >= 0.3 is 0 Å². The predicted octanol–water partition coefficient (Wildman–Crippen LogP) is 1.60. The van der Waals surface area contributed by atoms with Crippen molar-refractivity contribution in [1.29, 1.82) is 0 Å². The van der Waals surface area contributed by atoms with Crippen molar-refractivity contribution >= 4 is 11.8 Å². The molecule has 1 heterocycles. The normalized spacial score (nSPS) is 20.4. The van der Waals surface area contributed by atoms with Gasteiger partial charge in [0.2, 0.25) is 11.8 Å². The second-order valence-electron chi connectivity index (χ2n) is 6.66. The van der Waals surface area contributed by atoms with E-state index in [9.17, 15) is 14.0 Å². The number of rotatable bonds is 5. The highest BCUT2D eigenvalue weighted by Gasteiger charge is 2.35. The summed E-state index contributed by atoms with van der Waals surface area (Å²) in [5.74, 6) is -0.261. The molecule has 5 nitrogen and oxygen atoms in total. The molecule has 1 saturated carbocycles. The number of nitrogens with zero attached hydrogens (tertiary/aromatic N) is 1. The van der Waals surface area contributed by atoms with E-state index in [4.69, 9.17) is 0 Å². The summed E-state index contributed by atoms with van der Waals surface area (Å²) in [6.45, 7) is 1.36. The zero-order valence-electron chi connectivity index (χ0n) is 13.9. The maximum absolute atomic E-state index is 13.2. The summed E-state index contributed by atoms with van der Waals surface area (Å²) in [6.07, 6.45) is 3.52. The van der Waals surface area contributed by atoms with Gasteiger partial charge in [-0.15, -0.1) is 0 Å². The van der Waals surface area contributed by atoms with E-state index >= 15 is 0 Å². The van der Waals surface area contributed by atoms with Gasteiger partial charge < -0.3 is 10.6 Å². The number of halogens is 1. The van der Waals surface area contributed by atoms with Gasteiger partial charge in [-0.3, -0.25) is 14.5 Å². The predicted molar refractivity (Wildman–Crippen MR) is 88.7 cm³/mol. The molecule has 0 spiro atoms. The van der Waals surface area contributed by atoms with E-state index in [2.05, 4.69) is 15.5 Å². The minimum Gasteiger partial charge on any atom is -0.359 e. The molecule has 24 heavy (non-hydrogen) atoms. The molecular formula is C18H24FN3O2. The standard InChI is InChI=1S/C18H24FN3O2/c1-20-17(23)13-8-10-22(11-9-13)16(18(24)21-15-6-7-15)12-2-4-14(19)5-3-12/h2-5,13,15-16H,6-11H2,1H3,(H,20,23)(H,21,24). The van der Waals surface area contributed by atoms with Crippen LogP contribution in [-0.2, 0) is 9.59 Å². The van der Waals surface area contributed by atoms with Crippen LogP contribution in [0.5, 0.6) is 0 Å². The zero-order chi connectivity index (χ0) is 17.1. The van der Waals surface area contributed by atoms with Gasteiger partial charge in [0.05, 0.1) is 0 Å². The first-order valence-electron chi connectivity index (χ1n) is 8.60. The number of hydrogen-bond donors (Lipinski definition) is 2. The fourth-order valence-electron chi connectivity index (χ4n) is 3.30. The monoisotopic (exact) mass is 333 g/mol. The molecule has 0 bridgehead atoms. The molecule has 0 radical (unpaired) electrons. The average molecular weight is 333 g/mol. The molecule has 1 aromatic rings.